The minimum Gasteiger partial charge on any atom is -0.423 e. The molecule has 7 nitrogen and oxygen atoms in total. The third-order valence-corrected chi connectivity index (χ3v) is 2.74. The predicted molar refractivity (Wildman–Crippen MR) is 74.5 cm³/mol. The van der Waals surface area contributed by atoms with E-state index in [4.69, 9.17) is 4.42 Å². The summed E-state index contributed by atoms with van der Waals surface area (Å²) in [5, 5.41) is 10.2. The molecule has 1 amide bonds. The van der Waals surface area contributed by atoms with Gasteiger partial charge in [-0.3, -0.25) is 9.78 Å². The number of rotatable bonds is 3. The number of aromatic nitrogens is 4. The van der Waals surface area contributed by atoms with Crippen molar-refractivity contribution in [2.75, 3.05) is 5.32 Å². The summed E-state index contributed by atoms with van der Waals surface area (Å²) in [6.45, 7) is 1.81. The summed E-state index contributed by atoms with van der Waals surface area (Å²) in [7, 11) is 0. The molecular formula is C14H11N5O2. The summed E-state index contributed by atoms with van der Waals surface area (Å²) in [5.41, 5.74) is 2.34. The SMILES string of the molecule is Cc1cnc(C(=O)Nc2cccc(-c3nnco3)c2)cn1. The number of aryl methyl sites for hydroxylation is 1. The molecule has 2 heterocycles. The molecule has 2 aromatic heterocycles. The van der Waals surface area contributed by atoms with Gasteiger partial charge in [-0.1, -0.05) is 6.07 Å². The van der Waals surface area contributed by atoms with Crippen molar-refractivity contribution >= 4 is 11.6 Å². The fourth-order valence-electron chi connectivity index (χ4n) is 1.73. The van der Waals surface area contributed by atoms with E-state index < -0.39 is 0 Å². The number of carbonyl (C=O) groups excluding carboxylic acids is 1. The van der Waals surface area contributed by atoms with Gasteiger partial charge in [0.1, 0.15) is 5.69 Å². The van der Waals surface area contributed by atoms with Crippen molar-refractivity contribution in [2.45, 2.75) is 6.92 Å². The van der Waals surface area contributed by atoms with Crippen LogP contribution in [0.3, 0.4) is 0 Å². The molecular weight excluding hydrogens is 270 g/mol. The van der Waals surface area contributed by atoms with Gasteiger partial charge in [-0.25, -0.2) is 4.98 Å². The average Bonchev–Trinajstić information content (AvgIpc) is 3.02. The van der Waals surface area contributed by atoms with E-state index in [-0.39, 0.29) is 11.6 Å². The summed E-state index contributed by atoms with van der Waals surface area (Å²) in [6.07, 6.45) is 4.23. The van der Waals surface area contributed by atoms with Gasteiger partial charge in [0.15, 0.2) is 0 Å². The highest BCUT2D eigenvalue weighted by Gasteiger charge is 2.09. The van der Waals surface area contributed by atoms with E-state index in [1.165, 1.54) is 12.6 Å². The van der Waals surface area contributed by atoms with E-state index in [0.29, 0.717) is 11.6 Å². The fourth-order valence-corrected chi connectivity index (χ4v) is 1.73. The highest BCUT2D eigenvalue weighted by molar-refractivity contribution is 6.02. The molecule has 1 N–H and O–H groups in total. The van der Waals surface area contributed by atoms with Crippen LogP contribution in [0.1, 0.15) is 16.2 Å². The Balaban J connectivity index is 1.80. The molecule has 1 aromatic carbocycles. The van der Waals surface area contributed by atoms with Gasteiger partial charge in [-0.2, -0.15) is 0 Å². The van der Waals surface area contributed by atoms with Gasteiger partial charge in [0, 0.05) is 17.4 Å². The van der Waals surface area contributed by atoms with E-state index in [9.17, 15) is 4.79 Å². The first-order valence-electron chi connectivity index (χ1n) is 6.19. The molecule has 104 valence electrons. The van der Waals surface area contributed by atoms with Crippen molar-refractivity contribution in [3.8, 4) is 11.5 Å². The lowest BCUT2D eigenvalue weighted by molar-refractivity contribution is 0.102. The molecule has 3 rings (SSSR count). The molecule has 21 heavy (non-hydrogen) atoms. The number of amides is 1. The first kappa shape index (κ1) is 12.9. The van der Waals surface area contributed by atoms with Crippen molar-refractivity contribution < 1.29 is 9.21 Å². The minimum atomic E-state index is -0.329. The molecule has 0 aliphatic rings. The fraction of sp³-hybridized carbons (Fsp3) is 0.0714. The van der Waals surface area contributed by atoms with Crippen LogP contribution in [0.5, 0.6) is 0 Å². The molecule has 0 unspecified atom stereocenters. The van der Waals surface area contributed by atoms with Crippen LogP contribution >= 0.6 is 0 Å². The first-order chi connectivity index (χ1) is 10.2. The lowest BCUT2D eigenvalue weighted by atomic mass is 10.2. The second kappa shape index (κ2) is 5.49. The van der Waals surface area contributed by atoms with Crippen molar-refractivity contribution in [1.29, 1.82) is 0 Å². The monoisotopic (exact) mass is 281 g/mol. The number of nitrogens with one attached hydrogen (secondary N) is 1. The average molecular weight is 281 g/mol. The quantitative estimate of drug-likeness (QED) is 0.790. The number of benzene rings is 1. The van der Waals surface area contributed by atoms with Crippen LogP contribution in [0, 0.1) is 6.92 Å². The Morgan fingerprint density at radius 2 is 2.14 bits per heavy atom. The maximum atomic E-state index is 12.1. The second-order valence-corrected chi connectivity index (χ2v) is 4.32. The maximum Gasteiger partial charge on any atom is 0.275 e. The van der Waals surface area contributed by atoms with Gasteiger partial charge in [0.05, 0.1) is 11.9 Å². The highest BCUT2D eigenvalue weighted by atomic mass is 16.4. The van der Waals surface area contributed by atoms with Crippen LogP contribution in [0.4, 0.5) is 5.69 Å². The Morgan fingerprint density at radius 1 is 1.24 bits per heavy atom. The minimum absolute atomic E-state index is 0.254. The topological polar surface area (TPSA) is 93.8 Å². The first-order valence-corrected chi connectivity index (χ1v) is 6.19. The number of nitrogens with zero attached hydrogens (tertiary/aromatic N) is 4. The molecule has 3 aromatic rings. The highest BCUT2D eigenvalue weighted by Crippen LogP contribution is 2.20. The predicted octanol–water partition coefficient (Wildman–Crippen LogP) is 2.09. The number of carbonyl (C=O) groups is 1. The largest absolute Gasteiger partial charge is 0.423 e. The Kier molecular flexibility index (Phi) is 3.38. The van der Waals surface area contributed by atoms with Crippen LogP contribution in [-0.2, 0) is 0 Å². The summed E-state index contributed by atoms with van der Waals surface area (Å²) in [5.74, 6) is 0.0615. The molecule has 7 heteroatoms. The molecule has 0 spiro atoms. The van der Waals surface area contributed by atoms with Crippen molar-refractivity contribution in [1.82, 2.24) is 20.2 Å². The van der Waals surface area contributed by atoms with Crippen LogP contribution in [0.2, 0.25) is 0 Å². The zero-order valence-electron chi connectivity index (χ0n) is 11.1. The lowest BCUT2D eigenvalue weighted by Gasteiger charge is -2.05. The smallest absolute Gasteiger partial charge is 0.275 e. The molecule has 0 bridgehead atoms. The van der Waals surface area contributed by atoms with Crippen molar-refractivity contribution in [3.05, 3.63) is 54.4 Å². The van der Waals surface area contributed by atoms with Crippen LogP contribution < -0.4 is 5.32 Å². The van der Waals surface area contributed by atoms with Crippen molar-refractivity contribution in [3.63, 3.8) is 0 Å². The lowest BCUT2D eigenvalue weighted by Crippen LogP contribution is -2.14. The van der Waals surface area contributed by atoms with Gasteiger partial charge in [0.2, 0.25) is 12.3 Å². The Hall–Kier alpha value is -3.09. The van der Waals surface area contributed by atoms with Crippen LogP contribution in [0.15, 0.2) is 47.5 Å². The summed E-state index contributed by atoms with van der Waals surface area (Å²) in [4.78, 5) is 20.1. The van der Waals surface area contributed by atoms with Crippen molar-refractivity contribution in [2.24, 2.45) is 0 Å². The molecule has 0 radical (unpaired) electrons. The van der Waals surface area contributed by atoms with E-state index >= 15 is 0 Å². The zero-order valence-corrected chi connectivity index (χ0v) is 11.1. The van der Waals surface area contributed by atoms with Crippen LogP contribution in [-0.4, -0.2) is 26.1 Å². The van der Waals surface area contributed by atoms with E-state index in [0.717, 1.165) is 11.3 Å². The van der Waals surface area contributed by atoms with Gasteiger partial charge in [0.25, 0.3) is 5.91 Å². The second-order valence-electron chi connectivity index (χ2n) is 4.32. The number of hydrogen-bond donors (Lipinski definition) is 1. The molecule has 0 aliphatic heterocycles. The van der Waals surface area contributed by atoms with Gasteiger partial charge in [-0.05, 0) is 25.1 Å². The molecule has 0 fully saturated rings. The van der Waals surface area contributed by atoms with Gasteiger partial charge < -0.3 is 9.73 Å². The Bertz CT molecular complexity index is 753. The molecule has 0 aliphatic carbocycles. The van der Waals surface area contributed by atoms with Crippen LogP contribution in [0.25, 0.3) is 11.5 Å². The van der Waals surface area contributed by atoms with E-state index in [2.05, 4.69) is 25.5 Å². The van der Waals surface area contributed by atoms with E-state index in [1.54, 1.807) is 24.4 Å². The third kappa shape index (κ3) is 2.92. The normalized spacial score (nSPS) is 10.3. The zero-order chi connectivity index (χ0) is 14.7. The molecule has 0 saturated heterocycles. The van der Waals surface area contributed by atoms with Gasteiger partial charge in [-0.15, -0.1) is 10.2 Å². The Labute approximate surface area is 120 Å². The summed E-state index contributed by atoms with van der Waals surface area (Å²) in [6, 6.07) is 7.11. The third-order valence-electron chi connectivity index (χ3n) is 2.74. The standard InChI is InChI=1S/C14H11N5O2/c1-9-6-16-12(7-15-9)13(20)18-11-4-2-3-10(5-11)14-19-17-8-21-14/h2-8H,1H3,(H,18,20). The molecule has 0 saturated carbocycles. The number of hydrogen-bond acceptors (Lipinski definition) is 6. The number of anilines is 1. The van der Waals surface area contributed by atoms with Gasteiger partial charge >= 0.3 is 0 Å². The molecule has 0 atom stereocenters. The maximum absolute atomic E-state index is 12.1. The summed E-state index contributed by atoms with van der Waals surface area (Å²) >= 11 is 0. The Morgan fingerprint density at radius 3 is 2.86 bits per heavy atom. The summed E-state index contributed by atoms with van der Waals surface area (Å²) < 4.78 is 5.12. The van der Waals surface area contributed by atoms with E-state index in [1.807, 2.05) is 13.0 Å².